The van der Waals surface area contributed by atoms with Crippen LogP contribution in [-0.2, 0) is 23.5 Å². The summed E-state index contributed by atoms with van der Waals surface area (Å²) in [4.78, 5) is 12.9. The largest absolute Gasteiger partial charge is 0.497 e. The summed E-state index contributed by atoms with van der Waals surface area (Å²) in [5, 5.41) is 4.59. The Morgan fingerprint density at radius 3 is 2.61 bits per heavy atom. The molecule has 0 bridgehead atoms. The average Bonchev–Trinajstić information content (AvgIpc) is 3.66. The topological polar surface area (TPSA) is 61.1 Å². The van der Waals surface area contributed by atoms with Gasteiger partial charge in [0, 0.05) is 24.7 Å². The molecule has 1 aromatic heterocycles. The van der Waals surface area contributed by atoms with E-state index in [1.54, 1.807) is 20.5 Å². The first-order valence-corrected chi connectivity index (χ1v) is 12.7. The Balaban J connectivity index is 1.32. The number of rotatable bonds is 7. The number of amidine groups is 1. The maximum absolute atomic E-state index is 6.29. The van der Waals surface area contributed by atoms with Crippen LogP contribution in [-0.4, -0.2) is 34.5 Å². The van der Waals surface area contributed by atoms with Gasteiger partial charge in [0.15, 0.2) is 5.84 Å². The quantitative estimate of drug-likeness (QED) is 0.314. The highest BCUT2D eigenvalue weighted by molar-refractivity contribution is 5.97. The maximum atomic E-state index is 6.29. The Morgan fingerprint density at radius 2 is 1.84 bits per heavy atom. The summed E-state index contributed by atoms with van der Waals surface area (Å²) < 4.78 is 13.0. The molecule has 1 atom stereocenters. The van der Waals surface area contributed by atoms with Gasteiger partial charge in [0.05, 0.1) is 31.9 Å². The second kappa shape index (κ2) is 9.74. The number of hydrogen-bond donors (Lipinski definition) is 0. The van der Waals surface area contributed by atoms with E-state index in [4.69, 9.17) is 14.3 Å². The van der Waals surface area contributed by atoms with Crippen LogP contribution in [0.15, 0.2) is 90.5 Å². The van der Waals surface area contributed by atoms with E-state index >= 15 is 0 Å². The smallest absolute Gasteiger partial charge is 0.238 e. The zero-order valence-electron chi connectivity index (χ0n) is 21.8. The zero-order valence-corrected chi connectivity index (χ0v) is 21.8. The molecule has 1 aliphatic carbocycles. The Labute approximate surface area is 222 Å². The third kappa shape index (κ3) is 4.20. The molecule has 38 heavy (non-hydrogen) atoms. The summed E-state index contributed by atoms with van der Waals surface area (Å²) in [5.41, 5.74) is 5.93. The summed E-state index contributed by atoms with van der Waals surface area (Å²) in [6.45, 7) is 2.63. The highest BCUT2D eigenvalue weighted by atomic mass is 16.7. The number of ether oxygens (including phenoxy) is 2. The minimum Gasteiger partial charge on any atom is -0.497 e. The van der Waals surface area contributed by atoms with Crippen LogP contribution in [0, 0.1) is 6.92 Å². The fourth-order valence-electron chi connectivity index (χ4n) is 5.32. The van der Waals surface area contributed by atoms with Gasteiger partial charge < -0.3 is 23.8 Å². The molecule has 7 nitrogen and oxygen atoms in total. The molecule has 0 radical (unpaired) electrons. The van der Waals surface area contributed by atoms with Crippen LogP contribution >= 0.6 is 0 Å². The molecule has 6 rings (SSSR count). The van der Waals surface area contributed by atoms with E-state index in [9.17, 15) is 0 Å². The first-order chi connectivity index (χ1) is 18.6. The van der Waals surface area contributed by atoms with Gasteiger partial charge in [-0.2, -0.15) is 0 Å². The van der Waals surface area contributed by atoms with Crippen LogP contribution in [0.25, 0.3) is 11.8 Å². The van der Waals surface area contributed by atoms with Crippen molar-refractivity contribution in [3.8, 4) is 17.2 Å². The standard InChI is InChI=1S/C31H30N4O3/c1-22-19-34(21-32-22)28-14-10-23(18-29(28)37-3)11-15-30-33-38-31(17-16-25-6-4-5-7-27(25)31)35(30)20-24-8-12-26(36-2)13-9-24/h4-15,18-19,21H,16-17,20H2,1-3H3. The van der Waals surface area contributed by atoms with E-state index in [-0.39, 0.29) is 0 Å². The van der Waals surface area contributed by atoms with Crippen molar-refractivity contribution >= 4 is 11.9 Å². The summed E-state index contributed by atoms with van der Waals surface area (Å²) >= 11 is 0. The van der Waals surface area contributed by atoms with E-state index in [1.165, 1.54) is 11.1 Å². The predicted octanol–water partition coefficient (Wildman–Crippen LogP) is 5.86. The van der Waals surface area contributed by atoms with Gasteiger partial charge in [0.25, 0.3) is 0 Å². The van der Waals surface area contributed by atoms with Crippen LogP contribution < -0.4 is 9.47 Å². The lowest BCUT2D eigenvalue weighted by molar-refractivity contribution is -0.107. The van der Waals surface area contributed by atoms with E-state index < -0.39 is 5.72 Å². The molecule has 192 valence electrons. The molecule has 0 saturated carbocycles. The van der Waals surface area contributed by atoms with Crippen molar-refractivity contribution < 1.29 is 14.3 Å². The average molecular weight is 507 g/mol. The number of aryl methyl sites for hydroxylation is 2. The minimum absolute atomic E-state index is 0.614. The third-order valence-electron chi connectivity index (χ3n) is 7.29. The minimum atomic E-state index is -0.614. The first-order valence-electron chi connectivity index (χ1n) is 12.7. The number of fused-ring (bicyclic) bond motifs is 2. The Hall–Kier alpha value is -4.52. The molecule has 0 saturated heterocycles. The molecule has 0 fully saturated rings. The number of methoxy groups -OCH3 is 2. The molecule has 1 spiro atoms. The Morgan fingerprint density at radius 1 is 1.00 bits per heavy atom. The van der Waals surface area contributed by atoms with Crippen molar-refractivity contribution in [2.75, 3.05) is 14.2 Å². The summed E-state index contributed by atoms with van der Waals surface area (Å²) in [7, 11) is 3.37. The van der Waals surface area contributed by atoms with Crippen molar-refractivity contribution in [1.82, 2.24) is 14.5 Å². The lowest BCUT2D eigenvalue weighted by Gasteiger charge is -2.34. The van der Waals surface area contributed by atoms with E-state index in [1.807, 2.05) is 48.0 Å². The van der Waals surface area contributed by atoms with Crippen LogP contribution in [0.5, 0.6) is 11.5 Å². The van der Waals surface area contributed by atoms with Crippen molar-refractivity contribution in [2.24, 2.45) is 5.16 Å². The Kier molecular flexibility index (Phi) is 6.12. The van der Waals surface area contributed by atoms with Gasteiger partial charge in [-0.3, -0.25) is 0 Å². The molecule has 2 heterocycles. The fraction of sp³-hybridized carbons (Fsp3) is 0.226. The highest BCUT2D eigenvalue weighted by Gasteiger charge is 2.51. The highest BCUT2D eigenvalue weighted by Crippen LogP contribution is 2.46. The van der Waals surface area contributed by atoms with Crippen LogP contribution in [0.2, 0.25) is 0 Å². The van der Waals surface area contributed by atoms with Gasteiger partial charge in [-0.25, -0.2) is 4.98 Å². The summed E-state index contributed by atoms with van der Waals surface area (Å²) in [6, 6.07) is 22.8. The molecular weight excluding hydrogens is 476 g/mol. The zero-order chi connectivity index (χ0) is 26.1. The number of aromatic nitrogens is 2. The molecule has 3 aromatic carbocycles. The van der Waals surface area contributed by atoms with E-state index in [0.29, 0.717) is 6.54 Å². The predicted molar refractivity (Wildman–Crippen MR) is 147 cm³/mol. The van der Waals surface area contributed by atoms with Gasteiger partial charge in [-0.1, -0.05) is 53.7 Å². The second-order valence-corrected chi connectivity index (χ2v) is 9.60. The van der Waals surface area contributed by atoms with Gasteiger partial charge >= 0.3 is 0 Å². The number of nitrogens with zero attached hydrogens (tertiary/aromatic N) is 4. The Bertz CT molecular complexity index is 1520. The van der Waals surface area contributed by atoms with E-state index in [0.717, 1.165) is 52.7 Å². The van der Waals surface area contributed by atoms with Gasteiger partial charge in [-0.15, -0.1) is 0 Å². The molecule has 1 aliphatic heterocycles. The van der Waals surface area contributed by atoms with Crippen molar-refractivity contribution in [3.05, 3.63) is 113 Å². The molecule has 0 N–H and O–H groups in total. The molecule has 7 heteroatoms. The lowest BCUT2D eigenvalue weighted by Crippen LogP contribution is -2.43. The van der Waals surface area contributed by atoms with Crippen LogP contribution in [0.3, 0.4) is 0 Å². The molecule has 4 aromatic rings. The monoisotopic (exact) mass is 506 g/mol. The van der Waals surface area contributed by atoms with Gasteiger partial charge in [0.1, 0.15) is 11.5 Å². The maximum Gasteiger partial charge on any atom is 0.238 e. The molecule has 2 aliphatic rings. The van der Waals surface area contributed by atoms with Crippen LogP contribution in [0.4, 0.5) is 0 Å². The van der Waals surface area contributed by atoms with Gasteiger partial charge in [0.2, 0.25) is 5.72 Å². The van der Waals surface area contributed by atoms with Crippen LogP contribution in [0.1, 0.15) is 34.4 Å². The van der Waals surface area contributed by atoms with Gasteiger partial charge in [-0.05, 0) is 60.4 Å². The van der Waals surface area contributed by atoms with Crippen molar-refractivity contribution in [1.29, 1.82) is 0 Å². The normalized spacial score (nSPS) is 18.1. The first kappa shape index (κ1) is 23.9. The summed E-state index contributed by atoms with van der Waals surface area (Å²) in [5.74, 6) is 2.39. The lowest BCUT2D eigenvalue weighted by atomic mass is 10.0. The SMILES string of the molecule is COc1ccc(CN2C(C=Cc3ccc(-n4cnc(C)c4)c(OC)c3)=NOC23CCc2ccccc23)cc1. The third-order valence-corrected chi connectivity index (χ3v) is 7.29. The van der Waals surface area contributed by atoms with Crippen molar-refractivity contribution in [2.45, 2.75) is 32.0 Å². The molecular formula is C31H30N4O3. The van der Waals surface area contributed by atoms with E-state index in [2.05, 4.69) is 63.6 Å². The fourth-order valence-corrected chi connectivity index (χ4v) is 5.32. The molecule has 0 amide bonds. The number of imidazole rings is 1. The molecule has 1 unspecified atom stereocenters. The second-order valence-electron chi connectivity index (χ2n) is 9.60. The van der Waals surface area contributed by atoms with Crippen molar-refractivity contribution in [3.63, 3.8) is 0 Å². The number of oxime groups is 1. The number of hydrogen-bond acceptors (Lipinski definition) is 6. The summed E-state index contributed by atoms with van der Waals surface area (Å²) in [6.07, 6.45) is 9.64. The number of benzene rings is 3.